The summed E-state index contributed by atoms with van der Waals surface area (Å²) in [7, 11) is 0. The Morgan fingerprint density at radius 3 is 2.64 bits per heavy atom. The Labute approximate surface area is 76.6 Å². The minimum Gasteiger partial charge on any atom is -0.389 e. The quantitative estimate of drug-likeness (QED) is 0.421. The Balaban J connectivity index is 2.52. The molecule has 0 amide bonds. The van der Waals surface area contributed by atoms with Crippen LogP contribution in [-0.4, -0.2) is 46.1 Å². The van der Waals surface area contributed by atoms with Crippen LogP contribution in [-0.2, 0) is 4.74 Å². The molecule has 66 valence electrons. The van der Waals surface area contributed by atoms with Crippen molar-refractivity contribution in [2.45, 2.75) is 23.6 Å². The maximum Gasteiger partial charge on any atom is 0.0951 e. The van der Waals surface area contributed by atoms with E-state index >= 15 is 0 Å². The van der Waals surface area contributed by atoms with Gasteiger partial charge in [0.25, 0.3) is 0 Å². The summed E-state index contributed by atoms with van der Waals surface area (Å²) in [6.45, 7) is 0.233. The molecule has 1 aliphatic rings. The summed E-state index contributed by atoms with van der Waals surface area (Å²) in [6, 6.07) is 0. The van der Waals surface area contributed by atoms with E-state index in [1.54, 1.807) is 0 Å². The third kappa shape index (κ3) is 2.03. The highest BCUT2D eigenvalue weighted by Gasteiger charge is 2.35. The van der Waals surface area contributed by atoms with Crippen LogP contribution in [0, 0.1) is 0 Å². The van der Waals surface area contributed by atoms with E-state index in [1.165, 1.54) is 0 Å². The molecule has 0 aromatic carbocycles. The van der Waals surface area contributed by atoms with E-state index < -0.39 is 17.5 Å². The van der Waals surface area contributed by atoms with Gasteiger partial charge in [-0.05, 0) is 0 Å². The molecule has 1 fully saturated rings. The predicted molar refractivity (Wildman–Crippen MR) is 48.4 cm³/mol. The summed E-state index contributed by atoms with van der Waals surface area (Å²) in [5.41, 5.74) is 0. The molecule has 0 bridgehead atoms. The average Bonchev–Trinajstić information content (AvgIpc) is 2.01. The molecule has 2 N–H and O–H groups in total. The lowest BCUT2D eigenvalue weighted by Gasteiger charge is -2.34. The van der Waals surface area contributed by atoms with Gasteiger partial charge < -0.3 is 14.9 Å². The van der Waals surface area contributed by atoms with Crippen molar-refractivity contribution in [3.8, 4) is 0 Å². The summed E-state index contributed by atoms with van der Waals surface area (Å²) < 4.78 is 5.10. The maximum atomic E-state index is 9.40. The van der Waals surface area contributed by atoms with Crippen LogP contribution in [0.2, 0.25) is 0 Å². The molecule has 0 aromatic heterocycles. The lowest BCUT2D eigenvalue weighted by molar-refractivity contribution is -0.107. The molecule has 11 heavy (non-hydrogen) atoms. The van der Waals surface area contributed by atoms with Gasteiger partial charge in [-0.1, -0.05) is 0 Å². The van der Waals surface area contributed by atoms with Crippen LogP contribution in [0.25, 0.3) is 0 Å². The fourth-order valence-electron chi connectivity index (χ4n) is 1.03. The first-order valence-corrected chi connectivity index (χ1v) is 4.58. The van der Waals surface area contributed by atoms with Crippen LogP contribution in [0.3, 0.4) is 0 Å². The smallest absolute Gasteiger partial charge is 0.0951 e. The number of aliphatic hydroxyl groups is 2. The highest BCUT2D eigenvalue weighted by molar-refractivity contribution is 7.81. The van der Waals surface area contributed by atoms with Crippen LogP contribution in [0.1, 0.15) is 0 Å². The summed E-state index contributed by atoms with van der Waals surface area (Å²) in [4.78, 5) is 0. The molecule has 0 saturated carbocycles. The highest BCUT2D eigenvalue weighted by Crippen LogP contribution is 2.20. The van der Waals surface area contributed by atoms with E-state index in [1.807, 2.05) is 0 Å². The number of rotatable bonds is 1. The zero-order valence-corrected chi connectivity index (χ0v) is 7.71. The number of thiol groups is 2. The van der Waals surface area contributed by atoms with Gasteiger partial charge >= 0.3 is 0 Å². The van der Waals surface area contributed by atoms with Gasteiger partial charge in [-0.3, -0.25) is 0 Å². The van der Waals surface area contributed by atoms with E-state index in [9.17, 15) is 10.2 Å². The molecule has 1 saturated heterocycles. The second kappa shape index (κ2) is 4.00. The van der Waals surface area contributed by atoms with Crippen LogP contribution in [0.15, 0.2) is 0 Å². The van der Waals surface area contributed by atoms with Gasteiger partial charge in [0.2, 0.25) is 0 Å². The standard InChI is InChI=1S/C6H12O3S2/c7-3-1-9-4(2-10)5(8)6(3)11/h3-8,10-11H,1-2H2/t3-,4+,5-,6+/m0/s1. The first kappa shape index (κ1) is 9.67. The number of ether oxygens (including phenoxy) is 1. The fourth-order valence-corrected chi connectivity index (χ4v) is 1.63. The normalized spacial score (nSPS) is 45.8. The summed E-state index contributed by atoms with van der Waals surface area (Å²) in [6.07, 6.45) is -1.70. The molecule has 1 heterocycles. The van der Waals surface area contributed by atoms with E-state index in [0.29, 0.717) is 5.75 Å². The summed E-state index contributed by atoms with van der Waals surface area (Å²) in [5, 5.41) is 18.2. The lowest BCUT2D eigenvalue weighted by Crippen LogP contribution is -2.50. The monoisotopic (exact) mass is 196 g/mol. The van der Waals surface area contributed by atoms with Crippen LogP contribution < -0.4 is 0 Å². The third-order valence-corrected chi connectivity index (χ3v) is 2.80. The largest absolute Gasteiger partial charge is 0.389 e. The van der Waals surface area contributed by atoms with Crippen molar-refractivity contribution in [3.63, 3.8) is 0 Å². The Morgan fingerprint density at radius 2 is 2.09 bits per heavy atom. The van der Waals surface area contributed by atoms with Crippen molar-refractivity contribution in [1.82, 2.24) is 0 Å². The molecular weight excluding hydrogens is 184 g/mol. The molecular formula is C6H12O3S2. The SMILES string of the molecule is O[C@@H]1[C@H](S)[C@@H](O)CO[C@@H]1CS. The van der Waals surface area contributed by atoms with E-state index in [-0.39, 0.29) is 12.7 Å². The predicted octanol–water partition coefficient (Wildman–Crippen LogP) is -0.665. The van der Waals surface area contributed by atoms with Gasteiger partial charge in [-0.25, -0.2) is 0 Å². The molecule has 1 rings (SSSR count). The third-order valence-electron chi connectivity index (χ3n) is 1.79. The molecule has 4 atom stereocenters. The Bertz CT molecular complexity index is 131. The molecule has 1 aliphatic heterocycles. The van der Waals surface area contributed by atoms with Crippen molar-refractivity contribution < 1.29 is 14.9 Å². The number of hydrogen-bond acceptors (Lipinski definition) is 5. The number of aliphatic hydroxyl groups excluding tert-OH is 2. The van der Waals surface area contributed by atoms with E-state index in [2.05, 4.69) is 25.3 Å². The Kier molecular flexibility index (Phi) is 3.52. The van der Waals surface area contributed by atoms with Crippen LogP contribution in [0.5, 0.6) is 0 Å². The molecule has 0 aromatic rings. The zero-order valence-electron chi connectivity index (χ0n) is 5.92. The lowest BCUT2D eigenvalue weighted by atomic mass is 10.0. The minimum absolute atomic E-state index is 0.233. The Hall–Kier alpha value is 0.580. The fraction of sp³-hybridized carbons (Fsp3) is 1.00. The molecule has 5 heteroatoms. The van der Waals surface area contributed by atoms with E-state index in [0.717, 1.165) is 0 Å². The minimum atomic E-state index is -0.723. The van der Waals surface area contributed by atoms with Crippen molar-refractivity contribution in [1.29, 1.82) is 0 Å². The van der Waals surface area contributed by atoms with Crippen LogP contribution in [0.4, 0.5) is 0 Å². The van der Waals surface area contributed by atoms with Crippen LogP contribution >= 0.6 is 25.3 Å². The number of hydrogen-bond donors (Lipinski definition) is 4. The van der Waals surface area contributed by atoms with E-state index in [4.69, 9.17) is 4.74 Å². The van der Waals surface area contributed by atoms with Gasteiger partial charge in [0.1, 0.15) is 0 Å². The molecule has 0 unspecified atom stereocenters. The van der Waals surface area contributed by atoms with Crippen molar-refractivity contribution in [2.24, 2.45) is 0 Å². The summed E-state index contributed by atoms with van der Waals surface area (Å²) in [5.74, 6) is 0.449. The maximum absolute atomic E-state index is 9.40. The van der Waals surface area contributed by atoms with Gasteiger partial charge in [0.15, 0.2) is 0 Å². The Morgan fingerprint density at radius 1 is 1.45 bits per heavy atom. The molecule has 0 spiro atoms. The molecule has 3 nitrogen and oxygen atoms in total. The topological polar surface area (TPSA) is 49.7 Å². The van der Waals surface area contributed by atoms with Gasteiger partial charge in [-0.15, -0.1) is 0 Å². The molecule has 0 radical (unpaired) electrons. The highest BCUT2D eigenvalue weighted by atomic mass is 32.1. The van der Waals surface area contributed by atoms with Crippen molar-refractivity contribution in [2.75, 3.05) is 12.4 Å². The summed E-state index contributed by atoms with van der Waals surface area (Å²) >= 11 is 8.04. The van der Waals surface area contributed by atoms with Crippen molar-refractivity contribution in [3.05, 3.63) is 0 Å². The van der Waals surface area contributed by atoms with Gasteiger partial charge in [0, 0.05) is 5.75 Å². The average molecular weight is 196 g/mol. The molecule has 0 aliphatic carbocycles. The van der Waals surface area contributed by atoms with Crippen molar-refractivity contribution >= 4 is 25.3 Å². The second-order valence-corrected chi connectivity index (χ2v) is 3.56. The first-order valence-electron chi connectivity index (χ1n) is 3.43. The van der Waals surface area contributed by atoms with Gasteiger partial charge in [-0.2, -0.15) is 25.3 Å². The zero-order chi connectivity index (χ0) is 8.43. The first-order chi connectivity index (χ1) is 5.16. The second-order valence-electron chi connectivity index (χ2n) is 2.60. The van der Waals surface area contributed by atoms with Gasteiger partial charge in [0.05, 0.1) is 30.2 Å².